The molecule has 1 aliphatic rings. The zero-order valence-corrected chi connectivity index (χ0v) is 14.2. The number of anilines is 1. The maximum atomic E-state index is 12.6. The summed E-state index contributed by atoms with van der Waals surface area (Å²) in [5.74, 6) is 0.0817. The van der Waals surface area contributed by atoms with Crippen LogP contribution in [-0.4, -0.2) is 38.9 Å². The van der Waals surface area contributed by atoms with Crippen LogP contribution in [0.1, 0.15) is 11.1 Å². The van der Waals surface area contributed by atoms with Crippen LogP contribution in [0.5, 0.6) is 0 Å². The van der Waals surface area contributed by atoms with Gasteiger partial charge in [-0.3, -0.25) is 0 Å². The summed E-state index contributed by atoms with van der Waals surface area (Å²) in [6, 6.07) is 17.8. The molecule has 122 valence electrons. The summed E-state index contributed by atoms with van der Waals surface area (Å²) < 4.78 is 26.7. The predicted octanol–water partition coefficient (Wildman–Crippen LogP) is 2.65. The van der Waals surface area contributed by atoms with E-state index in [0.717, 1.165) is 24.3 Å². The van der Waals surface area contributed by atoms with Crippen LogP contribution in [0, 0.1) is 6.92 Å². The van der Waals surface area contributed by atoms with Crippen molar-refractivity contribution in [3.8, 4) is 0 Å². The first-order chi connectivity index (χ1) is 11.0. The second-order valence-electron chi connectivity index (χ2n) is 5.96. The molecular weight excluding hydrogens is 308 g/mol. The van der Waals surface area contributed by atoms with Crippen LogP contribution in [-0.2, 0) is 15.8 Å². The van der Waals surface area contributed by atoms with Gasteiger partial charge in [0.25, 0.3) is 0 Å². The molecule has 0 unspecified atom stereocenters. The molecule has 1 aliphatic heterocycles. The second kappa shape index (κ2) is 6.72. The first-order valence-electron chi connectivity index (χ1n) is 7.88. The normalized spacial score (nSPS) is 16.5. The Morgan fingerprint density at radius 3 is 2.09 bits per heavy atom. The summed E-state index contributed by atoms with van der Waals surface area (Å²) in [6.07, 6.45) is 0. The van der Waals surface area contributed by atoms with E-state index in [1.165, 1.54) is 5.56 Å². The van der Waals surface area contributed by atoms with Gasteiger partial charge in [-0.05, 0) is 24.6 Å². The Morgan fingerprint density at radius 1 is 0.870 bits per heavy atom. The van der Waals surface area contributed by atoms with E-state index in [4.69, 9.17) is 0 Å². The highest BCUT2D eigenvalue weighted by molar-refractivity contribution is 7.88. The predicted molar refractivity (Wildman–Crippen MR) is 94.0 cm³/mol. The van der Waals surface area contributed by atoms with Crippen molar-refractivity contribution >= 4 is 15.7 Å². The molecule has 1 heterocycles. The maximum absolute atomic E-state index is 12.6. The number of benzene rings is 2. The van der Waals surface area contributed by atoms with Crippen LogP contribution in [0.4, 0.5) is 5.69 Å². The van der Waals surface area contributed by atoms with E-state index < -0.39 is 10.0 Å². The number of rotatable bonds is 4. The van der Waals surface area contributed by atoms with Gasteiger partial charge in [0.2, 0.25) is 10.0 Å². The number of hydrogen-bond acceptors (Lipinski definition) is 3. The molecule has 0 N–H and O–H groups in total. The highest BCUT2D eigenvalue weighted by Crippen LogP contribution is 2.19. The summed E-state index contributed by atoms with van der Waals surface area (Å²) in [7, 11) is -3.24. The molecule has 23 heavy (non-hydrogen) atoms. The van der Waals surface area contributed by atoms with Crippen LogP contribution in [0.3, 0.4) is 0 Å². The highest BCUT2D eigenvalue weighted by atomic mass is 32.2. The standard InChI is InChI=1S/C18H22N2O2S/c1-16-7-9-18(10-8-16)19-11-13-20(14-12-19)23(21,22)15-17-5-3-2-4-6-17/h2-10H,11-15H2,1H3. The lowest BCUT2D eigenvalue weighted by molar-refractivity contribution is 0.384. The molecule has 0 radical (unpaired) electrons. The van der Waals surface area contributed by atoms with Crippen molar-refractivity contribution in [2.24, 2.45) is 0 Å². The molecule has 0 amide bonds. The first kappa shape index (κ1) is 16.0. The molecule has 1 saturated heterocycles. The Kier molecular flexibility index (Phi) is 4.68. The van der Waals surface area contributed by atoms with E-state index in [9.17, 15) is 8.42 Å². The Balaban J connectivity index is 1.63. The monoisotopic (exact) mass is 330 g/mol. The van der Waals surface area contributed by atoms with Crippen molar-refractivity contribution in [3.63, 3.8) is 0 Å². The molecule has 0 aromatic heterocycles. The molecule has 0 aliphatic carbocycles. The Bertz CT molecular complexity index is 734. The summed E-state index contributed by atoms with van der Waals surface area (Å²) in [5, 5.41) is 0. The maximum Gasteiger partial charge on any atom is 0.218 e. The number of aryl methyl sites for hydroxylation is 1. The SMILES string of the molecule is Cc1ccc(N2CCN(S(=O)(=O)Cc3ccccc3)CC2)cc1. The highest BCUT2D eigenvalue weighted by Gasteiger charge is 2.27. The molecule has 2 aromatic rings. The fourth-order valence-corrected chi connectivity index (χ4v) is 4.37. The molecule has 0 bridgehead atoms. The zero-order valence-electron chi connectivity index (χ0n) is 13.4. The minimum absolute atomic E-state index is 0.0817. The fourth-order valence-electron chi connectivity index (χ4n) is 2.86. The number of nitrogens with zero attached hydrogens (tertiary/aromatic N) is 2. The first-order valence-corrected chi connectivity index (χ1v) is 9.49. The lowest BCUT2D eigenvalue weighted by Gasteiger charge is -2.35. The summed E-state index contributed by atoms with van der Waals surface area (Å²) in [5.41, 5.74) is 3.24. The van der Waals surface area contributed by atoms with Gasteiger partial charge in [-0.15, -0.1) is 0 Å². The number of hydrogen-bond donors (Lipinski definition) is 0. The number of sulfonamides is 1. The van der Waals surface area contributed by atoms with E-state index in [2.05, 4.69) is 36.1 Å². The van der Waals surface area contributed by atoms with Gasteiger partial charge in [0.05, 0.1) is 5.75 Å². The van der Waals surface area contributed by atoms with Gasteiger partial charge in [-0.1, -0.05) is 48.0 Å². The zero-order chi connectivity index (χ0) is 16.3. The third-order valence-corrected chi connectivity index (χ3v) is 6.07. The Morgan fingerprint density at radius 2 is 1.48 bits per heavy atom. The molecule has 5 heteroatoms. The molecule has 0 saturated carbocycles. The van der Waals surface area contributed by atoms with Crippen LogP contribution < -0.4 is 4.90 Å². The van der Waals surface area contributed by atoms with Crippen LogP contribution in [0.15, 0.2) is 54.6 Å². The number of piperazine rings is 1. The van der Waals surface area contributed by atoms with Crippen molar-refractivity contribution in [1.82, 2.24) is 4.31 Å². The minimum Gasteiger partial charge on any atom is -0.369 e. The van der Waals surface area contributed by atoms with E-state index in [1.807, 2.05) is 30.3 Å². The quantitative estimate of drug-likeness (QED) is 0.865. The second-order valence-corrected chi connectivity index (χ2v) is 7.93. The van der Waals surface area contributed by atoms with E-state index >= 15 is 0 Å². The van der Waals surface area contributed by atoms with Gasteiger partial charge in [0.15, 0.2) is 0 Å². The van der Waals surface area contributed by atoms with Crippen LogP contribution in [0.25, 0.3) is 0 Å². The van der Waals surface area contributed by atoms with E-state index in [1.54, 1.807) is 4.31 Å². The van der Waals surface area contributed by atoms with E-state index in [-0.39, 0.29) is 5.75 Å². The molecular formula is C18H22N2O2S. The minimum atomic E-state index is -3.24. The molecule has 1 fully saturated rings. The van der Waals surface area contributed by atoms with Crippen molar-refractivity contribution < 1.29 is 8.42 Å². The lowest BCUT2D eigenvalue weighted by atomic mass is 10.2. The van der Waals surface area contributed by atoms with Gasteiger partial charge in [0.1, 0.15) is 0 Å². The molecule has 0 atom stereocenters. The fraction of sp³-hybridized carbons (Fsp3) is 0.333. The molecule has 2 aromatic carbocycles. The van der Waals surface area contributed by atoms with Crippen molar-refractivity contribution in [2.45, 2.75) is 12.7 Å². The summed E-state index contributed by atoms with van der Waals surface area (Å²) >= 11 is 0. The van der Waals surface area contributed by atoms with E-state index in [0.29, 0.717) is 13.1 Å². The average Bonchev–Trinajstić information content (AvgIpc) is 2.56. The summed E-state index contributed by atoms with van der Waals surface area (Å²) in [6.45, 7) is 4.62. The van der Waals surface area contributed by atoms with Crippen LogP contribution >= 0.6 is 0 Å². The molecule has 4 nitrogen and oxygen atoms in total. The van der Waals surface area contributed by atoms with Crippen molar-refractivity contribution in [1.29, 1.82) is 0 Å². The van der Waals surface area contributed by atoms with Gasteiger partial charge < -0.3 is 4.90 Å². The van der Waals surface area contributed by atoms with Gasteiger partial charge in [0, 0.05) is 31.9 Å². The Hall–Kier alpha value is -1.85. The van der Waals surface area contributed by atoms with Gasteiger partial charge >= 0.3 is 0 Å². The largest absolute Gasteiger partial charge is 0.369 e. The average molecular weight is 330 g/mol. The van der Waals surface area contributed by atoms with Crippen molar-refractivity contribution in [2.75, 3.05) is 31.1 Å². The van der Waals surface area contributed by atoms with Gasteiger partial charge in [-0.25, -0.2) is 8.42 Å². The van der Waals surface area contributed by atoms with Gasteiger partial charge in [-0.2, -0.15) is 4.31 Å². The van der Waals surface area contributed by atoms with Crippen LogP contribution in [0.2, 0.25) is 0 Å². The third-order valence-electron chi connectivity index (χ3n) is 4.22. The van der Waals surface area contributed by atoms with Crippen molar-refractivity contribution in [3.05, 3.63) is 65.7 Å². The smallest absolute Gasteiger partial charge is 0.218 e. The summed E-state index contributed by atoms with van der Waals surface area (Å²) in [4.78, 5) is 2.24. The topological polar surface area (TPSA) is 40.6 Å². The molecule has 3 rings (SSSR count). The Labute approximate surface area is 138 Å². The lowest BCUT2D eigenvalue weighted by Crippen LogP contribution is -2.49. The third kappa shape index (κ3) is 3.92. The molecule has 0 spiro atoms.